The summed E-state index contributed by atoms with van der Waals surface area (Å²) in [5.74, 6) is 0.331. The number of sulfonamides is 1. The maximum Gasteiger partial charge on any atom is 0.214 e. The van der Waals surface area contributed by atoms with Crippen molar-refractivity contribution in [3.05, 3.63) is 48.1 Å². The molecule has 1 amide bonds. The van der Waals surface area contributed by atoms with Gasteiger partial charge in [-0.2, -0.15) is 0 Å². The summed E-state index contributed by atoms with van der Waals surface area (Å²) in [4.78, 5) is 15.2. The lowest BCUT2D eigenvalue weighted by atomic mass is 9.98. The van der Waals surface area contributed by atoms with Gasteiger partial charge in [0.1, 0.15) is 11.3 Å². The third kappa shape index (κ3) is 4.47. The quantitative estimate of drug-likeness (QED) is 0.552. The molecule has 1 aliphatic heterocycles. The molecule has 9 heteroatoms. The Bertz CT molecular complexity index is 1200. The highest BCUT2D eigenvalue weighted by molar-refractivity contribution is 7.89. The number of benzene rings is 2. The Morgan fingerprint density at radius 3 is 2.58 bits per heavy atom. The minimum Gasteiger partial charge on any atom is -0.440 e. The molecule has 31 heavy (non-hydrogen) atoms. The molecule has 1 aromatic heterocycles. The number of carbonyl (C=O) groups excluding carboxylic acids is 1. The van der Waals surface area contributed by atoms with E-state index in [9.17, 15) is 17.6 Å². The van der Waals surface area contributed by atoms with E-state index in [0.29, 0.717) is 61.3 Å². The lowest BCUT2D eigenvalue weighted by molar-refractivity contribution is -0.105. The number of halogens is 1. The minimum atomic E-state index is -3.18. The summed E-state index contributed by atoms with van der Waals surface area (Å²) in [6.45, 7) is 2.80. The summed E-state index contributed by atoms with van der Waals surface area (Å²) in [5, 5.41) is 2.32. The Hall–Kier alpha value is -2.78. The summed E-state index contributed by atoms with van der Waals surface area (Å²) in [6.07, 6.45) is 2.37. The molecule has 164 valence electrons. The van der Waals surface area contributed by atoms with Crippen LogP contribution in [-0.2, 0) is 14.8 Å². The number of carbonyl (C=O) groups is 1. The fourth-order valence-electron chi connectivity index (χ4n) is 3.94. The number of oxazole rings is 1. The number of anilines is 1. The van der Waals surface area contributed by atoms with E-state index in [-0.39, 0.29) is 17.4 Å². The summed E-state index contributed by atoms with van der Waals surface area (Å²) in [5.41, 5.74) is 2.87. The molecule has 0 aliphatic carbocycles. The number of aromatic nitrogens is 1. The fraction of sp³-hybridized carbons (Fsp3) is 0.364. The van der Waals surface area contributed by atoms with Crippen molar-refractivity contribution in [3.8, 4) is 11.1 Å². The van der Waals surface area contributed by atoms with Crippen molar-refractivity contribution in [1.82, 2.24) is 9.29 Å². The lowest BCUT2D eigenvalue weighted by Gasteiger charge is -2.29. The second-order valence-corrected chi connectivity index (χ2v) is 9.77. The van der Waals surface area contributed by atoms with Crippen molar-refractivity contribution in [1.29, 1.82) is 0 Å². The molecular formula is C22H24FN3O4S. The van der Waals surface area contributed by atoms with Crippen LogP contribution in [-0.4, -0.2) is 43.0 Å². The van der Waals surface area contributed by atoms with Crippen molar-refractivity contribution < 1.29 is 22.0 Å². The van der Waals surface area contributed by atoms with Crippen LogP contribution < -0.4 is 5.32 Å². The standard InChI is InChI=1S/C22H24FN3O4S/c1-2-11-31(28,29)26-9-7-15(8-10-26)22-25-20-13-17(4-6-21(20)30-22)16-3-5-19(24-14-27)18(23)12-16/h3-6,12-15H,2,7-11H2,1H3,(H,24,27). The average molecular weight is 446 g/mol. The first kappa shape index (κ1) is 21.5. The Labute approximate surface area is 180 Å². The average Bonchev–Trinajstić information content (AvgIpc) is 3.19. The van der Waals surface area contributed by atoms with E-state index in [4.69, 9.17) is 4.42 Å². The maximum absolute atomic E-state index is 14.1. The normalized spacial score (nSPS) is 15.9. The number of piperidine rings is 1. The van der Waals surface area contributed by atoms with E-state index in [0.717, 1.165) is 5.56 Å². The first-order valence-electron chi connectivity index (χ1n) is 10.3. The first-order valence-corrected chi connectivity index (χ1v) is 11.9. The number of nitrogens with zero attached hydrogens (tertiary/aromatic N) is 2. The lowest BCUT2D eigenvalue weighted by Crippen LogP contribution is -2.39. The summed E-state index contributed by atoms with van der Waals surface area (Å²) >= 11 is 0. The van der Waals surface area contributed by atoms with E-state index < -0.39 is 15.8 Å². The van der Waals surface area contributed by atoms with Crippen LogP contribution in [0.3, 0.4) is 0 Å². The predicted molar refractivity (Wildman–Crippen MR) is 117 cm³/mol. The summed E-state index contributed by atoms with van der Waals surface area (Å²) in [6, 6.07) is 10.1. The molecule has 1 N–H and O–H groups in total. The molecule has 0 spiro atoms. The van der Waals surface area contributed by atoms with Gasteiger partial charge in [-0.3, -0.25) is 4.79 Å². The van der Waals surface area contributed by atoms with Gasteiger partial charge in [0.15, 0.2) is 11.5 Å². The zero-order valence-electron chi connectivity index (χ0n) is 17.2. The number of rotatable bonds is 7. The van der Waals surface area contributed by atoms with Crippen LogP contribution in [0.4, 0.5) is 10.1 Å². The third-order valence-corrected chi connectivity index (χ3v) is 7.66. The van der Waals surface area contributed by atoms with E-state index in [2.05, 4.69) is 10.3 Å². The van der Waals surface area contributed by atoms with Gasteiger partial charge in [-0.15, -0.1) is 0 Å². The van der Waals surface area contributed by atoms with Crippen LogP contribution in [0.1, 0.15) is 38.0 Å². The van der Waals surface area contributed by atoms with E-state index >= 15 is 0 Å². The van der Waals surface area contributed by atoms with Gasteiger partial charge in [0.2, 0.25) is 16.4 Å². The van der Waals surface area contributed by atoms with Gasteiger partial charge < -0.3 is 9.73 Å². The highest BCUT2D eigenvalue weighted by Crippen LogP contribution is 2.33. The molecule has 4 rings (SSSR count). The highest BCUT2D eigenvalue weighted by Gasteiger charge is 2.30. The predicted octanol–water partition coefficient (Wildman–Crippen LogP) is 4.12. The molecule has 0 saturated carbocycles. The van der Waals surface area contributed by atoms with Gasteiger partial charge in [0.25, 0.3) is 0 Å². The molecular weight excluding hydrogens is 421 g/mol. The molecule has 2 aromatic carbocycles. The molecule has 7 nitrogen and oxygen atoms in total. The SMILES string of the molecule is CCCS(=O)(=O)N1CCC(c2nc3cc(-c4ccc(NC=O)c(F)c4)ccc3o2)CC1. The second-order valence-electron chi connectivity index (χ2n) is 7.68. The van der Waals surface area contributed by atoms with Crippen LogP contribution in [0.15, 0.2) is 40.8 Å². The highest BCUT2D eigenvalue weighted by atomic mass is 32.2. The van der Waals surface area contributed by atoms with Gasteiger partial charge in [-0.1, -0.05) is 19.1 Å². The van der Waals surface area contributed by atoms with Gasteiger partial charge >= 0.3 is 0 Å². The Kier molecular flexibility index (Phi) is 6.06. The van der Waals surface area contributed by atoms with Crippen LogP contribution in [0.5, 0.6) is 0 Å². The van der Waals surface area contributed by atoms with Crippen LogP contribution in [0, 0.1) is 5.82 Å². The molecule has 0 bridgehead atoms. The second kappa shape index (κ2) is 8.76. The molecule has 1 aliphatic rings. The van der Waals surface area contributed by atoms with Gasteiger partial charge in [0, 0.05) is 19.0 Å². The summed E-state index contributed by atoms with van der Waals surface area (Å²) in [7, 11) is -3.18. The number of hydrogen-bond donors (Lipinski definition) is 1. The zero-order valence-corrected chi connectivity index (χ0v) is 18.0. The molecule has 0 atom stereocenters. The first-order chi connectivity index (χ1) is 14.9. The number of fused-ring (bicyclic) bond motifs is 1. The van der Waals surface area contributed by atoms with Crippen LogP contribution in [0.2, 0.25) is 0 Å². The maximum atomic E-state index is 14.1. The van der Waals surface area contributed by atoms with Gasteiger partial charge in [-0.25, -0.2) is 22.1 Å². The van der Waals surface area contributed by atoms with Crippen molar-refractivity contribution in [2.24, 2.45) is 0 Å². The number of nitrogens with one attached hydrogen (secondary N) is 1. The van der Waals surface area contributed by atoms with Gasteiger partial charge in [0.05, 0.1) is 11.4 Å². The fourth-order valence-corrected chi connectivity index (χ4v) is 5.48. The van der Waals surface area contributed by atoms with Crippen LogP contribution in [0.25, 0.3) is 22.2 Å². The topological polar surface area (TPSA) is 92.5 Å². The molecule has 0 radical (unpaired) electrons. The van der Waals surface area contributed by atoms with E-state index in [1.807, 2.05) is 19.1 Å². The molecule has 1 fully saturated rings. The Morgan fingerprint density at radius 1 is 1.19 bits per heavy atom. The summed E-state index contributed by atoms with van der Waals surface area (Å²) < 4.78 is 46.2. The molecule has 1 saturated heterocycles. The Morgan fingerprint density at radius 2 is 1.90 bits per heavy atom. The van der Waals surface area contributed by atoms with Gasteiger partial charge in [-0.05, 0) is 54.7 Å². The Balaban J connectivity index is 1.52. The van der Waals surface area contributed by atoms with Crippen molar-refractivity contribution >= 4 is 33.2 Å². The van der Waals surface area contributed by atoms with Crippen molar-refractivity contribution in [3.63, 3.8) is 0 Å². The molecule has 0 unspecified atom stereocenters. The molecule has 2 heterocycles. The number of amides is 1. The van der Waals surface area contributed by atoms with Crippen molar-refractivity contribution in [2.45, 2.75) is 32.1 Å². The minimum absolute atomic E-state index is 0.0649. The molecule has 3 aromatic rings. The van der Waals surface area contributed by atoms with Crippen LogP contribution >= 0.6 is 0 Å². The third-order valence-electron chi connectivity index (χ3n) is 5.58. The largest absolute Gasteiger partial charge is 0.440 e. The zero-order chi connectivity index (χ0) is 22.0. The van der Waals surface area contributed by atoms with Crippen molar-refractivity contribution in [2.75, 3.05) is 24.2 Å². The van der Waals surface area contributed by atoms with E-state index in [1.165, 1.54) is 12.1 Å². The monoisotopic (exact) mass is 445 g/mol. The van der Waals surface area contributed by atoms with E-state index in [1.54, 1.807) is 16.4 Å². The smallest absolute Gasteiger partial charge is 0.214 e. The number of hydrogen-bond acceptors (Lipinski definition) is 5.